The molecule has 0 aliphatic heterocycles. The predicted molar refractivity (Wildman–Crippen MR) is 113 cm³/mol. The molecule has 0 rings (SSSR count). The highest BCUT2D eigenvalue weighted by Gasteiger charge is 2.14. The molecule has 0 heterocycles. The van der Waals surface area contributed by atoms with E-state index >= 15 is 0 Å². The van der Waals surface area contributed by atoms with Crippen molar-refractivity contribution in [2.24, 2.45) is 0 Å². The molecule has 0 spiro atoms. The van der Waals surface area contributed by atoms with Gasteiger partial charge in [-0.2, -0.15) is 0 Å². The van der Waals surface area contributed by atoms with Crippen molar-refractivity contribution in [1.82, 2.24) is 0 Å². The zero-order chi connectivity index (χ0) is 22.5. The summed E-state index contributed by atoms with van der Waals surface area (Å²) in [6, 6.07) is 0. The van der Waals surface area contributed by atoms with Gasteiger partial charge in [0.15, 0.2) is 12.6 Å². The van der Waals surface area contributed by atoms with E-state index in [2.05, 4.69) is 26.3 Å². The van der Waals surface area contributed by atoms with Crippen molar-refractivity contribution in [1.29, 1.82) is 0 Å². The van der Waals surface area contributed by atoms with E-state index in [0.29, 0.717) is 12.8 Å². The van der Waals surface area contributed by atoms with Crippen LogP contribution in [0, 0.1) is 0 Å². The van der Waals surface area contributed by atoms with Crippen molar-refractivity contribution in [3.05, 3.63) is 50.6 Å². The molecular weight excluding hydrogens is 392 g/mol. The Morgan fingerprint density at radius 2 is 0.900 bits per heavy atom. The van der Waals surface area contributed by atoms with Crippen molar-refractivity contribution in [2.45, 2.75) is 38.3 Å². The number of esters is 2. The summed E-state index contributed by atoms with van der Waals surface area (Å²) >= 11 is 0. The van der Waals surface area contributed by atoms with Gasteiger partial charge in [0.1, 0.15) is 13.2 Å². The molecule has 0 fully saturated rings. The van der Waals surface area contributed by atoms with Crippen molar-refractivity contribution < 1.29 is 38.0 Å². The molecule has 0 saturated heterocycles. The van der Waals surface area contributed by atoms with E-state index in [-0.39, 0.29) is 52.5 Å². The molecule has 0 atom stereocenters. The van der Waals surface area contributed by atoms with Gasteiger partial charge in [-0.3, -0.25) is 9.59 Å². The van der Waals surface area contributed by atoms with Gasteiger partial charge in [-0.25, -0.2) is 0 Å². The predicted octanol–water partition coefficient (Wildman–Crippen LogP) is 3.10. The molecule has 170 valence electrons. The first-order valence-corrected chi connectivity index (χ1v) is 9.78. The van der Waals surface area contributed by atoms with Crippen LogP contribution in [0.4, 0.5) is 0 Å². The third-order valence-corrected chi connectivity index (χ3v) is 3.37. The SMILES string of the molecule is C=CCOC(COC(=O)CCCCC(=O)OCC(OCC=C)OCC=C)OCC=C. The second-order valence-corrected chi connectivity index (χ2v) is 5.92. The van der Waals surface area contributed by atoms with Crippen LogP contribution < -0.4 is 0 Å². The van der Waals surface area contributed by atoms with Gasteiger partial charge in [-0.1, -0.05) is 24.3 Å². The van der Waals surface area contributed by atoms with E-state index in [1.165, 1.54) is 0 Å². The van der Waals surface area contributed by atoms with Gasteiger partial charge in [0.05, 0.1) is 26.4 Å². The van der Waals surface area contributed by atoms with E-state index in [1.807, 2.05) is 0 Å². The Hall–Kier alpha value is -2.26. The molecule has 0 N–H and O–H groups in total. The van der Waals surface area contributed by atoms with Gasteiger partial charge in [-0.15, -0.1) is 26.3 Å². The normalized spacial score (nSPS) is 10.6. The molecule has 0 aromatic heterocycles. The summed E-state index contributed by atoms with van der Waals surface area (Å²) in [5, 5.41) is 0. The quantitative estimate of drug-likeness (QED) is 0.120. The van der Waals surface area contributed by atoms with Gasteiger partial charge < -0.3 is 28.4 Å². The summed E-state index contributed by atoms with van der Waals surface area (Å²) in [6.45, 7) is 15.3. The van der Waals surface area contributed by atoms with E-state index in [4.69, 9.17) is 28.4 Å². The second kappa shape index (κ2) is 20.0. The van der Waals surface area contributed by atoms with Crippen LogP contribution in [0.3, 0.4) is 0 Å². The van der Waals surface area contributed by atoms with Gasteiger partial charge >= 0.3 is 11.9 Å². The molecule has 0 aliphatic rings. The Bertz CT molecular complexity index is 447. The number of rotatable bonds is 21. The van der Waals surface area contributed by atoms with E-state index in [1.54, 1.807) is 24.3 Å². The lowest BCUT2D eigenvalue weighted by Gasteiger charge is -2.17. The Morgan fingerprint density at radius 3 is 1.17 bits per heavy atom. The minimum Gasteiger partial charge on any atom is -0.460 e. The molecule has 8 nitrogen and oxygen atoms in total. The summed E-state index contributed by atoms with van der Waals surface area (Å²) in [5.74, 6) is -0.790. The Labute approximate surface area is 179 Å². The zero-order valence-corrected chi connectivity index (χ0v) is 17.6. The van der Waals surface area contributed by atoms with Gasteiger partial charge in [0.2, 0.25) is 0 Å². The number of hydrogen-bond donors (Lipinski definition) is 0. The lowest BCUT2D eigenvalue weighted by molar-refractivity contribution is -0.176. The minimum atomic E-state index is -0.681. The average molecular weight is 427 g/mol. The minimum absolute atomic E-state index is 0.0284. The van der Waals surface area contributed by atoms with Crippen LogP contribution in [0.2, 0.25) is 0 Å². The fourth-order valence-corrected chi connectivity index (χ4v) is 2.00. The summed E-state index contributed by atoms with van der Waals surface area (Å²) < 4.78 is 31.6. The van der Waals surface area contributed by atoms with Crippen molar-refractivity contribution in [2.75, 3.05) is 39.6 Å². The molecular formula is C22H34O8. The maximum atomic E-state index is 11.8. The molecule has 30 heavy (non-hydrogen) atoms. The molecule has 0 radical (unpaired) electrons. The lowest BCUT2D eigenvalue weighted by Crippen LogP contribution is -2.26. The number of carbonyl (C=O) groups is 2. The first-order chi connectivity index (χ1) is 14.6. The van der Waals surface area contributed by atoms with E-state index < -0.39 is 24.5 Å². The Balaban J connectivity index is 3.98. The number of carbonyl (C=O) groups excluding carboxylic acids is 2. The van der Waals surface area contributed by atoms with Gasteiger partial charge in [-0.05, 0) is 12.8 Å². The van der Waals surface area contributed by atoms with E-state index in [0.717, 1.165) is 0 Å². The fourth-order valence-electron chi connectivity index (χ4n) is 2.00. The zero-order valence-electron chi connectivity index (χ0n) is 17.6. The Kier molecular flexibility index (Phi) is 18.5. The summed E-state index contributed by atoms with van der Waals surface area (Å²) in [7, 11) is 0. The highest BCUT2D eigenvalue weighted by atomic mass is 16.7. The fraction of sp³-hybridized carbons (Fsp3) is 0.545. The lowest BCUT2D eigenvalue weighted by atomic mass is 10.2. The highest BCUT2D eigenvalue weighted by Crippen LogP contribution is 2.06. The molecule has 8 heteroatoms. The van der Waals surface area contributed by atoms with Crippen molar-refractivity contribution >= 4 is 11.9 Å². The number of hydrogen-bond acceptors (Lipinski definition) is 8. The maximum absolute atomic E-state index is 11.8. The topological polar surface area (TPSA) is 89.5 Å². The average Bonchev–Trinajstić information content (AvgIpc) is 2.75. The van der Waals surface area contributed by atoms with Gasteiger partial charge in [0, 0.05) is 12.8 Å². The van der Waals surface area contributed by atoms with Crippen LogP contribution in [0.15, 0.2) is 50.6 Å². The number of unbranched alkanes of at least 4 members (excludes halogenated alkanes) is 1. The van der Waals surface area contributed by atoms with Crippen LogP contribution in [0.1, 0.15) is 25.7 Å². The third-order valence-electron chi connectivity index (χ3n) is 3.37. The largest absolute Gasteiger partial charge is 0.460 e. The highest BCUT2D eigenvalue weighted by molar-refractivity contribution is 5.70. The van der Waals surface area contributed by atoms with Crippen molar-refractivity contribution in [3.63, 3.8) is 0 Å². The summed E-state index contributed by atoms with van der Waals surface area (Å²) in [6.07, 6.45) is 6.27. The smallest absolute Gasteiger partial charge is 0.305 e. The maximum Gasteiger partial charge on any atom is 0.305 e. The van der Waals surface area contributed by atoms with E-state index in [9.17, 15) is 9.59 Å². The molecule has 0 unspecified atom stereocenters. The van der Waals surface area contributed by atoms with Crippen LogP contribution >= 0.6 is 0 Å². The standard InChI is InChI=1S/C22H34O8/c1-5-13-25-21(26-14-6-2)17-29-19(23)11-9-10-12-20(24)30-18-22(27-15-7-3)28-16-8-4/h5-8,21-22H,1-4,9-18H2. The molecule has 0 saturated carbocycles. The third kappa shape index (κ3) is 16.7. The second-order valence-electron chi connectivity index (χ2n) is 5.92. The Morgan fingerprint density at radius 1 is 0.600 bits per heavy atom. The molecule has 0 bridgehead atoms. The van der Waals surface area contributed by atoms with Crippen LogP contribution in [-0.4, -0.2) is 64.2 Å². The van der Waals surface area contributed by atoms with Crippen LogP contribution in [0.5, 0.6) is 0 Å². The molecule has 0 aromatic carbocycles. The van der Waals surface area contributed by atoms with Gasteiger partial charge in [0.25, 0.3) is 0 Å². The van der Waals surface area contributed by atoms with Crippen molar-refractivity contribution in [3.8, 4) is 0 Å². The first kappa shape index (κ1) is 27.7. The monoisotopic (exact) mass is 426 g/mol. The molecule has 0 aliphatic carbocycles. The molecule has 0 aromatic rings. The van der Waals surface area contributed by atoms with Crippen LogP contribution in [0.25, 0.3) is 0 Å². The summed E-state index contributed by atoms with van der Waals surface area (Å²) in [5.41, 5.74) is 0. The number of ether oxygens (including phenoxy) is 6. The van der Waals surface area contributed by atoms with Crippen LogP contribution in [-0.2, 0) is 38.0 Å². The first-order valence-electron chi connectivity index (χ1n) is 9.78. The summed E-state index contributed by atoms with van der Waals surface area (Å²) in [4.78, 5) is 23.6. The molecule has 0 amide bonds.